The van der Waals surface area contributed by atoms with Gasteiger partial charge < -0.3 is 10.4 Å². The Morgan fingerprint density at radius 3 is 2.50 bits per heavy atom. The summed E-state index contributed by atoms with van der Waals surface area (Å²) in [6.45, 7) is 0. The molecule has 0 bridgehead atoms. The third kappa shape index (κ3) is 2.78. The number of amides is 1. The van der Waals surface area contributed by atoms with Crippen molar-refractivity contribution in [1.29, 1.82) is 0 Å². The fourth-order valence-electron chi connectivity index (χ4n) is 1.44. The first kappa shape index (κ1) is 14.4. The Bertz CT molecular complexity index is 702. The van der Waals surface area contributed by atoms with Crippen molar-refractivity contribution in [3.05, 3.63) is 50.7 Å². The second-order valence-electron chi connectivity index (χ2n) is 3.67. The third-order valence-electron chi connectivity index (χ3n) is 2.36. The maximum Gasteiger partial charge on any atom is 0.338 e. The van der Waals surface area contributed by atoms with Crippen molar-refractivity contribution in [3.63, 3.8) is 0 Å². The number of halogens is 3. The van der Waals surface area contributed by atoms with Gasteiger partial charge in [0.25, 0.3) is 5.91 Å². The van der Waals surface area contributed by atoms with Gasteiger partial charge in [-0.05, 0) is 17.5 Å². The highest BCUT2D eigenvalue weighted by Gasteiger charge is 2.18. The van der Waals surface area contributed by atoms with Gasteiger partial charge in [0, 0.05) is 6.07 Å². The standard InChI is InChI=1S/C12H6ClF2NO3S/c13-6-1-2-20-10(6)11(17)16-9-3-5(12(18)19)7(14)4-8(9)15/h1-4H,(H,16,17)(H,18,19). The van der Waals surface area contributed by atoms with E-state index in [9.17, 15) is 18.4 Å². The number of carbonyl (C=O) groups is 2. The monoisotopic (exact) mass is 317 g/mol. The molecular weight excluding hydrogens is 312 g/mol. The predicted molar refractivity (Wildman–Crippen MR) is 70.6 cm³/mol. The van der Waals surface area contributed by atoms with E-state index in [1.54, 1.807) is 5.38 Å². The number of aromatic carboxylic acids is 1. The molecule has 0 aliphatic heterocycles. The largest absolute Gasteiger partial charge is 0.478 e. The van der Waals surface area contributed by atoms with Crippen molar-refractivity contribution in [3.8, 4) is 0 Å². The molecule has 0 saturated heterocycles. The molecule has 1 aromatic heterocycles. The maximum absolute atomic E-state index is 13.5. The number of thiophene rings is 1. The van der Waals surface area contributed by atoms with E-state index in [0.717, 1.165) is 11.3 Å². The molecule has 4 nitrogen and oxygen atoms in total. The number of benzene rings is 1. The number of hydrogen-bond acceptors (Lipinski definition) is 3. The Morgan fingerprint density at radius 2 is 1.95 bits per heavy atom. The molecule has 8 heteroatoms. The Balaban J connectivity index is 2.34. The van der Waals surface area contributed by atoms with Gasteiger partial charge in [0.15, 0.2) is 0 Å². The van der Waals surface area contributed by atoms with Crippen LogP contribution >= 0.6 is 22.9 Å². The minimum Gasteiger partial charge on any atom is -0.478 e. The van der Waals surface area contributed by atoms with Crippen LogP contribution in [0.15, 0.2) is 23.6 Å². The average Bonchev–Trinajstić information content (AvgIpc) is 2.78. The molecular formula is C12H6ClF2NO3S. The van der Waals surface area contributed by atoms with Gasteiger partial charge in [-0.15, -0.1) is 11.3 Å². The van der Waals surface area contributed by atoms with Gasteiger partial charge in [-0.2, -0.15) is 0 Å². The van der Waals surface area contributed by atoms with Crippen LogP contribution in [0.3, 0.4) is 0 Å². The maximum atomic E-state index is 13.5. The van der Waals surface area contributed by atoms with Crippen LogP contribution in [0.2, 0.25) is 5.02 Å². The zero-order valence-corrected chi connectivity index (χ0v) is 11.2. The number of rotatable bonds is 3. The van der Waals surface area contributed by atoms with Gasteiger partial charge in [0.1, 0.15) is 16.5 Å². The van der Waals surface area contributed by atoms with E-state index >= 15 is 0 Å². The Kier molecular flexibility index (Phi) is 4.01. The predicted octanol–water partition coefficient (Wildman–Crippen LogP) is 3.63. The molecule has 0 saturated carbocycles. The van der Waals surface area contributed by atoms with Crippen LogP contribution in [0.25, 0.3) is 0 Å². The first-order chi connectivity index (χ1) is 9.40. The molecule has 2 aromatic rings. The van der Waals surface area contributed by atoms with Crippen LogP contribution in [0.1, 0.15) is 20.0 Å². The fraction of sp³-hybridized carbons (Fsp3) is 0. The molecule has 20 heavy (non-hydrogen) atoms. The second-order valence-corrected chi connectivity index (χ2v) is 4.99. The normalized spacial score (nSPS) is 10.3. The lowest BCUT2D eigenvalue weighted by atomic mass is 10.1. The third-order valence-corrected chi connectivity index (χ3v) is 3.70. The molecule has 1 heterocycles. The van der Waals surface area contributed by atoms with Crippen molar-refractivity contribution < 1.29 is 23.5 Å². The minimum absolute atomic E-state index is 0.146. The van der Waals surface area contributed by atoms with E-state index in [4.69, 9.17) is 16.7 Å². The molecule has 0 aliphatic carbocycles. The van der Waals surface area contributed by atoms with Crippen LogP contribution in [-0.4, -0.2) is 17.0 Å². The molecule has 0 radical (unpaired) electrons. The lowest BCUT2D eigenvalue weighted by molar-refractivity contribution is 0.0691. The average molecular weight is 318 g/mol. The van der Waals surface area contributed by atoms with Crippen LogP contribution < -0.4 is 5.32 Å². The molecule has 0 spiro atoms. The Labute approximate surface area is 120 Å². The molecule has 104 valence electrons. The number of hydrogen-bond donors (Lipinski definition) is 2. The van der Waals surface area contributed by atoms with Crippen LogP contribution in [0.4, 0.5) is 14.5 Å². The van der Waals surface area contributed by atoms with Crippen molar-refractivity contribution in [2.75, 3.05) is 5.32 Å². The summed E-state index contributed by atoms with van der Waals surface area (Å²) in [7, 11) is 0. The van der Waals surface area contributed by atoms with Crippen molar-refractivity contribution in [2.45, 2.75) is 0 Å². The van der Waals surface area contributed by atoms with Gasteiger partial charge >= 0.3 is 5.97 Å². The molecule has 0 fully saturated rings. The SMILES string of the molecule is O=C(O)c1cc(NC(=O)c2sccc2Cl)c(F)cc1F. The highest BCUT2D eigenvalue weighted by molar-refractivity contribution is 7.12. The van der Waals surface area contributed by atoms with E-state index in [2.05, 4.69) is 5.32 Å². The van der Waals surface area contributed by atoms with Crippen molar-refractivity contribution >= 4 is 40.5 Å². The molecule has 1 amide bonds. The fourth-order valence-corrected chi connectivity index (χ4v) is 2.48. The minimum atomic E-state index is -1.56. The number of nitrogens with one attached hydrogen (secondary N) is 1. The van der Waals surface area contributed by atoms with Crippen LogP contribution in [-0.2, 0) is 0 Å². The lowest BCUT2D eigenvalue weighted by Gasteiger charge is -2.07. The number of carboxylic acid groups (broad SMARTS) is 1. The van der Waals surface area contributed by atoms with E-state index in [1.807, 2.05) is 0 Å². The van der Waals surface area contributed by atoms with Crippen LogP contribution in [0.5, 0.6) is 0 Å². The molecule has 0 atom stereocenters. The molecule has 2 N–H and O–H groups in total. The summed E-state index contributed by atoms with van der Waals surface area (Å²) in [6.07, 6.45) is 0. The van der Waals surface area contributed by atoms with E-state index in [0.29, 0.717) is 12.1 Å². The van der Waals surface area contributed by atoms with E-state index < -0.39 is 34.8 Å². The molecule has 2 rings (SSSR count). The van der Waals surface area contributed by atoms with E-state index in [1.165, 1.54) is 6.07 Å². The summed E-state index contributed by atoms with van der Waals surface area (Å²) in [5.74, 6) is -4.56. The van der Waals surface area contributed by atoms with Crippen molar-refractivity contribution in [2.24, 2.45) is 0 Å². The molecule has 1 aromatic carbocycles. The summed E-state index contributed by atoms with van der Waals surface area (Å²) in [5, 5.41) is 12.7. The highest BCUT2D eigenvalue weighted by Crippen LogP contribution is 2.25. The Hall–Kier alpha value is -1.99. The number of carboxylic acids is 1. The molecule has 0 aliphatic rings. The lowest BCUT2D eigenvalue weighted by Crippen LogP contribution is -2.13. The highest BCUT2D eigenvalue weighted by atomic mass is 35.5. The summed E-state index contributed by atoms with van der Waals surface area (Å²) in [4.78, 5) is 22.7. The zero-order valence-electron chi connectivity index (χ0n) is 9.62. The quantitative estimate of drug-likeness (QED) is 0.908. The molecule has 0 unspecified atom stereocenters. The number of carbonyl (C=O) groups excluding carboxylic acids is 1. The zero-order chi connectivity index (χ0) is 14.9. The second kappa shape index (κ2) is 5.56. The smallest absolute Gasteiger partial charge is 0.338 e. The summed E-state index contributed by atoms with van der Waals surface area (Å²) < 4.78 is 26.7. The summed E-state index contributed by atoms with van der Waals surface area (Å²) in [5.41, 5.74) is -1.17. The van der Waals surface area contributed by atoms with Crippen molar-refractivity contribution in [1.82, 2.24) is 0 Å². The first-order valence-electron chi connectivity index (χ1n) is 5.17. The first-order valence-corrected chi connectivity index (χ1v) is 6.42. The van der Waals surface area contributed by atoms with Gasteiger partial charge in [-0.1, -0.05) is 11.6 Å². The van der Waals surface area contributed by atoms with Gasteiger partial charge in [-0.3, -0.25) is 4.79 Å². The Morgan fingerprint density at radius 1 is 1.25 bits per heavy atom. The van der Waals surface area contributed by atoms with Gasteiger partial charge in [-0.25, -0.2) is 13.6 Å². The topological polar surface area (TPSA) is 66.4 Å². The number of anilines is 1. The summed E-state index contributed by atoms with van der Waals surface area (Å²) in [6, 6.07) is 2.60. The van der Waals surface area contributed by atoms with Crippen LogP contribution in [0, 0.1) is 11.6 Å². The van der Waals surface area contributed by atoms with E-state index in [-0.39, 0.29) is 9.90 Å². The summed E-state index contributed by atoms with van der Waals surface area (Å²) >= 11 is 6.79. The van der Waals surface area contributed by atoms with Gasteiger partial charge in [0.2, 0.25) is 0 Å². The van der Waals surface area contributed by atoms with Gasteiger partial charge in [0.05, 0.1) is 16.3 Å².